The minimum atomic E-state index is 0.0429. The summed E-state index contributed by atoms with van der Waals surface area (Å²) in [6.07, 6.45) is 5.83. The summed E-state index contributed by atoms with van der Waals surface area (Å²) in [5.41, 5.74) is 2.46. The maximum Gasteiger partial charge on any atom is 0.230 e. The lowest BCUT2D eigenvalue weighted by atomic mass is 9.95. The first-order valence-electron chi connectivity index (χ1n) is 10.1. The number of thioether (sulfide) groups is 1. The lowest BCUT2D eigenvalue weighted by Crippen LogP contribution is -2.37. The molecule has 1 aromatic carbocycles. The van der Waals surface area contributed by atoms with E-state index in [4.69, 9.17) is 4.74 Å². The number of amides is 1. The van der Waals surface area contributed by atoms with E-state index in [0.717, 1.165) is 29.8 Å². The zero-order valence-corrected chi connectivity index (χ0v) is 17.3. The smallest absolute Gasteiger partial charge is 0.230 e. The number of benzene rings is 1. The number of nitrogens with zero attached hydrogens (tertiary/aromatic N) is 4. The van der Waals surface area contributed by atoms with Crippen LogP contribution in [0.15, 0.2) is 41.6 Å². The van der Waals surface area contributed by atoms with Crippen LogP contribution >= 0.6 is 11.8 Å². The van der Waals surface area contributed by atoms with Gasteiger partial charge >= 0.3 is 0 Å². The second-order valence-corrected chi connectivity index (χ2v) is 8.06. The van der Waals surface area contributed by atoms with Gasteiger partial charge in [-0.1, -0.05) is 31.0 Å². The number of fused-ring (bicyclic) bond motifs is 1. The van der Waals surface area contributed by atoms with E-state index in [1.165, 1.54) is 31.0 Å². The molecule has 0 radical (unpaired) electrons. The first kappa shape index (κ1) is 19.7. The van der Waals surface area contributed by atoms with Crippen LogP contribution in [0.4, 0.5) is 0 Å². The molecule has 152 valence electrons. The fraction of sp³-hybridized carbons (Fsp3) is 0.429. The number of nitrogens with one attached hydrogen (secondary N) is 1. The van der Waals surface area contributed by atoms with Crippen LogP contribution in [0.1, 0.15) is 39.0 Å². The van der Waals surface area contributed by atoms with Crippen LogP contribution in [0.3, 0.4) is 0 Å². The zero-order chi connectivity index (χ0) is 20.1. The highest BCUT2D eigenvalue weighted by atomic mass is 32.2. The number of hydrogen-bond acceptors (Lipinski definition) is 6. The van der Waals surface area contributed by atoms with Gasteiger partial charge in [0, 0.05) is 11.6 Å². The molecule has 4 rings (SSSR count). The number of carbonyl (C=O) groups excluding carboxylic acids is 1. The molecule has 0 atom stereocenters. The van der Waals surface area contributed by atoms with Crippen molar-refractivity contribution in [2.45, 2.75) is 50.2 Å². The summed E-state index contributed by atoms with van der Waals surface area (Å²) in [5, 5.41) is 16.8. The van der Waals surface area contributed by atoms with Crippen LogP contribution in [0.5, 0.6) is 5.75 Å². The van der Waals surface area contributed by atoms with Gasteiger partial charge in [-0.05, 0) is 56.2 Å². The number of ether oxygens (including phenoxy) is 1. The predicted octanol–water partition coefficient (Wildman–Crippen LogP) is 3.73. The Morgan fingerprint density at radius 2 is 1.93 bits per heavy atom. The average Bonchev–Trinajstić information content (AvgIpc) is 3.16. The highest BCUT2D eigenvalue weighted by Crippen LogP contribution is 2.23. The molecule has 3 aromatic rings. The van der Waals surface area contributed by atoms with Crippen molar-refractivity contribution in [1.82, 2.24) is 25.1 Å². The van der Waals surface area contributed by atoms with Gasteiger partial charge in [-0.15, -0.1) is 10.2 Å². The van der Waals surface area contributed by atoms with Crippen LogP contribution in [-0.2, 0) is 4.79 Å². The van der Waals surface area contributed by atoms with E-state index in [9.17, 15) is 4.79 Å². The van der Waals surface area contributed by atoms with E-state index < -0.39 is 0 Å². The zero-order valence-electron chi connectivity index (χ0n) is 16.5. The molecular formula is C21H25N5O2S. The van der Waals surface area contributed by atoms with E-state index in [2.05, 4.69) is 20.6 Å². The van der Waals surface area contributed by atoms with Gasteiger partial charge in [-0.2, -0.15) is 9.61 Å². The Kier molecular flexibility index (Phi) is 6.29. The van der Waals surface area contributed by atoms with E-state index in [1.807, 2.05) is 43.3 Å². The van der Waals surface area contributed by atoms with Gasteiger partial charge in [0.2, 0.25) is 11.1 Å². The second-order valence-electron chi connectivity index (χ2n) is 7.12. The van der Waals surface area contributed by atoms with Crippen LogP contribution in [0.25, 0.3) is 16.9 Å². The summed E-state index contributed by atoms with van der Waals surface area (Å²) in [4.78, 5) is 12.3. The average molecular weight is 412 g/mol. The number of aromatic nitrogens is 4. The number of hydrogen-bond donors (Lipinski definition) is 1. The Bertz CT molecular complexity index is 967. The minimum Gasteiger partial charge on any atom is -0.494 e. The number of rotatable bonds is 7. The van der Waals surface area contributed by atoms with Gasteiger partial charge in [-0.3, -0.25) is 4.79 Å². The summed E-state index contributed by atoms with van der Waals surface area (Å²) >= 11 is 1.36. The molecule has 0 spiro atoms. The Hall–Kier alpha value is -2.61. The summed E-state index contributed by atoms with van der Waals surface area (Å²) in [7, 11) is 0. The molecule has 1 N–H and O–H groups in total. The van der Waals surface area contributed by atoms with E-state index in [1.54, 1.807) is 4.52 Å². The van der Waals surface area contributed by atoms with Crippen LogP contribution in [0.2, 0.25) is 0 Å². The third-order valence-corrected chi connectivity index (χ3v) is 5.92. The summed E-state index contributed by atoms with van der Waals surface area (Å²) in [6, 6.07) is 11.9. The van der Waals surface area contributed by atoms with Gasteiger partial charge in [0.1, 0.15) is 5.75 Å². The summed E-state index contributed by atoms with van der Waals surface area (Å²) in [6.45, 7) is 2.60. The monoisotopic (exact) mass is 411 g/mol. The van der Waals surface area contributed by atoms with Gasteiger partial charge in [0.15, 0.2) is 5.65 Å². The van der Waals surface area contributed by atoms with Crippen molar-refractivity contribution >= 4 is 23.3 Å². The van der Waals surface area contributed by atoms with Gasteiger partial charge in [0.05, 0.1) is 18.1 Å². The molecule has 8 heteroatoms. The highest BCUT2D eigenvalue weighted by Gasteiger charge is 2.17. The minimum absolute atomic E-state index is 0.0429. The van der Waals surface area contributed by atoms with Gasteiger partial charge in [-0.25, -0.2) is 0 Å². The third kappa shape index (κ3) is 4.87. The molecule has 29 heavy (non-hydrogen) atoms. The van der Waals surface area contributed by atoms with Gasteiger partial charge < -0.3 is 10.1 Å². The molecule has 0 aliphatic heterocycles. The van der Waals surface area contributed by atoms with Crippen molar-refractivity contribution in [1.29, 1.82) is 0 Å². The first-order chi connectivity index (χ1) is 14.2. The predicted molar refractivity (Wildman–Crippen MR) is 113 cm³/mol. The molecule has 2 heterocycles. The lowest BCUT2D eigenvalue weighted by Gasteiger charge is -2.22. The molecule has 1 aliphatic rings. The third-order valence-electron chi connectivity index (χ3n) is 5.00. The molecule has 0 unspecified atom stereocenters. The first-order valence-corrected chi connectivity index (χ1v) is 11.1. The fourth-order valence-electron chi connectivity index (χ4n) is 3.55. The maximum atomic E-state index is 12.3. The Labute approximate surface area is 174 Å². The summed E-state index contributed by atoms with van der Waals surface area (Å²) in [5.74, 6) is 1.19. The fourth-order valence-corrected chi connectivity index (χ4v) is 4.25. The van der Waals surface area contributed by atoms with Crippen LogP contribution in [0, 0.1) is 0 Å². The van der Waals surface area contributed by atoms with Crippen molar-refractivity contribution in [3.8, 4) is 17.0 Å². The summed E-state index contributed by atoms with van der Waals surface area (Å²) < 4.78 is 7.19. The molecule has 1 saturated carbocycles. The molecule has 0 bridgehead atoms. The lowest BCUT2D eigenvalue weighted by molar-refractivity contribution is -0.119. The Balaban J connectivity index is 1.44. The maximum absolute atomic E-state index is 12.3. The van der Waals surface area contributed by atoms with Crippen molar-refractivity contribution in [3.05, 3.63) is 36.4 Å². The van der Waals surface area contributed by atoms with E-state index in [-0.39, 0.29) is 5.91 Å². The van der Waals surface area contributed by atoms with E-state index in [0.29, 0.717) is 29.2 Å². The van der Waals surface area contributed by atoms with Crippen molar-refractivity contribution in [2.24, 2.45) is 0 Å². The Morgan fingerprint density at radius 3 is 2.69 bits per heavy atom. The highest BCUT2D eigenvalue weighted by molar-refractivity contribution is 7.99. The Morgan fingerprint density at radius 1 is 1.14 bits per heavy atom. The van der Waals surface area contributed by atoms with E-state index >= 15 is 0 Å². The van der Waals surface area contributed by atoms with Gasteiger partial charge in [0.25, 0.3) is 0 Å². The molecule has 2 aromatic heterocycles. The second kappa shape index (κ2) is 9.26. The molecule has 0 saturated heterocycles. The normalized spacial score (nSPS) is 14.8. The van der Waals surface area contributed by atoms with Crippen molar-refractivity contribution in [2.75, 3.05) is 12.4 Å². The molecule has 1 fully saturated rings. The van der Waals surface area contributed by atoms with Crippen LogP contribution < -0.4 is 10.1 Å². The molecule has 7 nitrogen and oxygen atoms in total. The largest absolute Gasteiger partial charge is 0.494 e. The SMILES string of the molecule is CCOc1ccc(-c2ccc3nnc(SCC(=O)NC4CCCCC4)n3n2)cc1. The number of carbonyl (C=O) groups is 1. The standard InChI is InChI=1S/C21H25N5O2S/c1-2-28-17-10-8-15(9-11-17)18-12-13-19-23-24-21(26(19)25-18)29-14-20(27)22-16-6-4-3-5-7-16/h8-13,16H,2-7,14H2,1H3,(H,22,27). The molecule has 1 aliphatic carbocycles. The topological polar surface area (TPSA) is 81.4 Å². The molecule has 1 amide bonds. The van der Waals surface area contributed by atoms with Crippen molar-refractivity contribution < 1.29 is 9.53 Å². The quantitative estimate of drug-likeness (QED) is 0.597. The molecular weight excluding hydrogens is 386 g/mol. The van der Waals surface area contributed by atoms with Crippen LogP contribution in [-0.4, -0.2) is 44.1 Å². The van der Waals surface area contributed by atoms with Crippen molar-refractivity contribution in [3.63, 3.8) is 0 Å².